The summed E-state index contributed by atoms with van der Waals surface area (Å²) in [5.41, 5.74) is 1.02. The molecular weight excluding hydrogens is 491 g/mol. The van der Waals surface area contributed by atoms with E-state index in [2.05, 4.69) is 4.98 Å². The Morgan fingerprint density at radius 2 is 1.94 bits per heavy atom. The largest absolute Gasteiger partial charge is 0.487 e. The Morgan fingerprint density at radius 3 is 2.59 bits per heavy atom. The van der Waals surface area contributed by atoms with Crippen LogP contribution in [0.15, 0.2) is 48.7 Å². The Kier molecular flexibility index (Phi) is 7.15. The van der Waals surface area contributed by atoms with Crippen molar-refractivity contribution < 1.29 is 14.3 Å². The van der Waals surface area contributed by atoms with Gasteiger partial charge >= 0.3 is 0 Å². The molecule has 1 amide bonds. The SMILES string of the molecule is COc1ccc(C(=O)N2CC(c3ccc(Cl)c(Cl)c3)C(C(C)Oc3ccc(Cl)cn3)C2)s1. The summed E-state index contributed by atoms with van der Waals surface area (Å²) >= 11 is 19.7. The molecule has 0 saturated carbocycles. The zero-order chi connectivity index (χ0) is 22.8. The van der Waals surface area contributed by atoms with Gasteiger partial charge in [0, 0.05) is 37.2 Å². The van der Waals surface area contributed by atoms with Gasteiger partial charge in [0.1, 0.15) is 6.10 Å². The van der Waals surface area contributed by atoms with Crippen molar-refractivity contribution in [2.75, 3.05) is 20.2 Å². The minimum atomic E-state index is -0.209. The van der Waals surface area contributed by atoms with E-state index in [4.69, 9.17) is 44.3 Å². The van der Waals surface area contributed by atoms with Gasteiger partial charge in [-0.1, -0.05) is 52.2 Å². The number of pyridine rings is 1. The molecule has 3 unspecified atom stereocenters. The summed E-state index contributed by atoms with van der Waals surface area (Å²) in [6, 6.07) is 12.7. The van der Waals surface area contributed by atoms with E-state index < -0.39 is 0 Å². The number of carbonyl (C=O) groups is 1. The van der Waals surface area contributed by atoms with Crippen LogP contribution >= 0.6 is 46.1 Å². The van der Waals surface area contributed by atoms with Gasteiger partial charge in [0.05, 0.1) is 27.1 Å². The number of aromatic nitrogens is 1. The molecule has 3 atom stereocenters. The van der Waals surface area contributed by atoms with Gasteiger partial charge in [-0.2, -0.15) is 0 Å². The summed E-state index contributed by atoms with van der Waals surface area (Å²) in [4.78, 5) is 19.9. The van der Waals surface area contributed by atoms with Crippen molar-refractivity contribution in [3.63, 3.8) is 0 Å². The number of carbonyl (C=O) groups excluding carboxylic acids is 1. The monoisotopic (exact) mass is 510 g/mol. The van der Waals surface area contributed by atoms with Crippen LogP contribution in [0.5, 0.6) is 10.9 Å². The van der Waals surface area contributed by atoms with E-state index in [0.717, 1.165) is 5.56 Å². The van der Waals surface area contributed by atoms with E-state index in [9.17, 15) is 4.79 Å². The van der Waals surface area contributed by atoms with Gasteiger partial charge in [0.15, 0.2) is 5.06 Å². The average Bonchev–Trinajstić information content (AvgIpc) is 3.44. The van der Waals surface area contributed by atoms with Gasteiger partial charge in [0.25, 0.3) is 5.91 Å². The predicted octanol–water partition coefficient (Wildman–Crippen LogP) is 6.44. The van der Waals surface area contributed by atoms with E-state index in [1.54, 1.807) is 43.6 Å². The number of rotatable bonds is 6. The number of halogens is 3. The van der Waals surface area contributed by atoms with Crippen molar-refractivity contribution in [1.82, 2.24) is 9.88 Å². The van der Waals surface area contributed by atoms with Crippen LogP contribution in [0.2, 0.25) is 15.1 Å². The number of likely N-dealkylation sites (tertiary alicyclic amines) is 1. The molecule has 2 aromatic heterocycles. The highest BCUT2D eigenvalue weighted by atomic mass is 35.5. The molecule has 1 fully saturated rings. The molecule has 4 rings (SSSR count). The van der Waals surface area contributed by atoms with Gasteiger partial charge in [-0.3, -0.25) is 4.79 Å². The van der Waals surface area contributed by atoms with Crippen LogP contribution in [0.3, 0.4) is 0 Å². The van der Waals surface area contributed by atoms with E-state index in [-0.39, 0.29) is 23.8 Å². The molecule has 5 nitrogen and oxygen atoms in total. The maximum Gasteiger partial charge on any atom is 0.264 e. The first-order valence-electron chi connectivity index (χ1n) is 10.0. The fourth-order valence-corrected chi connectivity index (χ4v) is 5.18. The molecule has 3 heterocycles. The third-order valence-corrected chi connectivity index (χ3v) is 7.62. The number of nitrogens with zero attached hydrogens (tertiary/aromatic N) is 2. The lowest BCUT2D eigenvalue weighted by Gasteiger charge is -2.25. The summed E-state index contributed by atoms with van der Waals surface area (Å²) in [6.45, 7) is 3.08. The van der Waals surface area contributed by atoms with Crippen LogP contribution in [-0.4, -0.2) is 42.1 Å². The molecule has 0 bridgehead atoms. The second kappa shape index (κ2) is 9.87. The molecule has 0 N–H and O–H groups in total. The van der Waals surface area contributed by atoms with E-state index in [1.165, 1.54) is 11.3 Å². The fourth-order valence-electron chi connectivity index (χ4n) is 3.98. The third-order valence-electron chi connectivity index (χ3n) is 5.63. The Balaban J connectivity index is 1.60. The first-order chi connectivity index (χ1) is 15.4. The third kappa shape index (κ3) is 4.99. The number of thiophene rings is 1. The number of hydrogen-bond donors (Lipinski definition) is 0. The highest BCUT2D eigenvalue weighted by Crippen LogP contribution is 2.39. The highest BCUT2D eigenvalue weighted by molar-refractivity contribution is 7.15. The maximum atomic E-state index is 13.2. The number of amides is 1. The second-order valence-corrected chi connectivity index (χ2v) is 9.91. The standard InChI is InChI=1S/C23H21Cl3N2O3S/c1-13(31-21-7-4-15(24)10-27-21)16-11-28(23(29)20-6-8-22(30-2)32-20)12-17(16)14-3-5-18(25)19(26)9-14/h3-10,13,16-17H,11-12H2,1-2H3. The van der Waals surface area contributed by atoms with Crippen LogP contribution < -0.4 is 9.47 Å². The minimum absolute atomic E-state index is 0.0236. The summed E-state index contributed by atoms with van der Waals surface area (Å²) in [7, 11) is 1.59. The lowest BCUT2D eigenvalue weighted by molar-refractivity contribution is 0.0774. The normalized spacial score (nSPS) is 19.1. The zero-order valence-corrected chi connectivity index (χ0v) is 20.5. The second-order valence-electron chi connectivity index (χ2n) is 7.61. The van der Waals surface area contributed by atoms with Crippen molar-refractivity contribution in [1.29, 1.82) is 0 Å². The molecule has 0 spiro atoms. The molecule has 168 valence electrons. The summed E-state index contributed by atoms with van der Waals surface area (Å²) in [5.74, 6) is 0.513. The van der Waals surface area contributed by atoms with E-state index in [1.807, 2.05) is 24.0 Å². The lowest BCUT2D eigenvalue weighted by Crippen LogP contribution is -2.32. The van der Waals surface area contributed by atoms with Gasteiger partial charge in [-0.05, 0) is 42.8 Å². The van der Waals surface area contributed by atoms with Gasteiger partial charge in [-0.15, -0.1) is 0 Å². The van der Waals surface area contributed by atoms with Crippen molar-refractivity contribution in [3.05, 3.63) is 74.2 Å². The van der Waals surface area contributed by atoms with Crippen LogP contribution in [0.25, 0.3) is 0 Å². The molecule has 9 heteroatoms. The minimum Gasteiger partial charge on any atom is -0.487 e. The summed E-state index contributed by atoms with van der Waals surface area (Å²) < 4.78 is 11.4. The van der Waals surface area contributed by atoms with Crippen LogP contribution in [-0.2, 0) is 0 Å². The smallest absolute Gasteiger partial charge is 0.264 e. The molecule has 1 aliphatic rings. The lowest BCUT2D eigenvalue weighted by atomic mass is 9.86. The number of benzene rings is 1. The van der Waals surface area contributed by atoms with Gasteiger partial charge in [-0.25, -0.2) is 4.98 Å². The fraction of sp³-hybridized carbons (Fsp3) is 0.304. The topological polar surface area (TPSA) is 51.7 Å². The predicted molar refractivity (Wildman–Crippen MR) is 129 cm³/mol. The molecule has 1 aromatic carbocycles. The van der Waals surface area contributed by atoms with Gasteiger partial charge < -0.3 is 14.4 Å². The molecule has 1 aliphatic heterocycles. The van der Waals surface area contributed by atoms with Crippen LogP contribution in [0.4, 0.5) is 0 Å². The number of hydrogen-bond acceptors (Lipinski definition) is 5. The Hall–Kier alpha value is -1.99. The maximum absolute atomic E-state index is 13.2. The van der Waals surface area contributed by atoms with E-state index in [0.29, 0.717) is 44.0 Å². The average molecular weight is 512 g/mol. The molecule has 1 saturated heterocycles. The molecule has 0 radical (unpaired) electrons. The highest BCUT2D eigenvalue weighted by Gasteiger charge is 2.41. The number of ether oxygens (including phenoxy) is 2. The zero-order valence-electron chi connectivity index (χ0n) is 17.4. The Labute approximate surface area is 205 Å². The Bertz CT molecular complexity index is 1110. The molecule has 3 aromatic rings. The van der Waals surface area contributed by atoms with Crippen LogP contribution in [0, 0.1) is 5.92 Å². The van der Waals surface area contributed by atoms with Crippen molar-refractivity contribution in [2.45, 2.75) is 18.9 Å². The van der Waals surface area contributed by atoms with Crippen molar-refractivity contribution in [2.24, 2.45) is 5.92 Å². The summed E-state index contributed by atoms with van der Waals surface area (Å²) in [6.07, 6.45) is 1.34. The summed E-state index contributed by atoms with van der Waals surface area (Å²) in [5, 5.41) is 2.24. The van der Waals surface area contributed by atoms with Crippen molar-refractivity contribution in [3.8, 4) is 10.9 Å². The van der Waals surface area contributed by atoms with Gasteiger partial charge in [0.2, 0.25) is 5.88 Å². The molecule has 0 aliphatic carbocycles. The quantitative estimate of drug-likeness (QED) is 0.382. The van der Waals surface area contributed by atoms with Crippen molar-refractivity contribution >= 4 is 52.0 Å². The Morgan fingerprint density at radius 1 is 1.12 bits per heavy atom. The first-order valence-corrected chi connectivity index (χ1v) is 12.0. The van der Waals surface area contributed by atoms with E-state index >= 15 is 0 Å². The number of methoxy groups -OCH3 is 1. The van der Waals surface area contributed by atoms with Crippen LogP contribution in [0.1, 0.15) is 28.1 Å². The first kappa shape index (κ1) is 23.2. The molecule has 32 heavy (non-hydrogen) atoms. The molecular formula is C23H21Cl3N2O3S.